The normalized spacial score (nSPS) is 28.3. The lowest BCUT2D eigenvalue weighted by Crippen LogP contribution is -2.50. The molecule has 1 aromatic heterocycles. The Labute approximate surface area is 306 Å². The zero-order chi connectivity index (χ0) is 37.3. The Hall–Kier alpha value is -4.10. The number of hydrogen-bond donors (Lipinski definition) is 1. The Balaban J connectivity index is 1.31. The highest BCUT2D eigenvalue weighted by atomic mass is 32.2. The van der Waals surface area contributed by atoms with Crippen molar-refractivity contribution in [2.45, 2.75) is 90.7 Å². The van der Waals surface area contributed by atoms with Gasteiger partial charge in [-0.1, -0.05) is 57.6 Å². The van der Waals surface area contributed by atoms with Gasteiger partial charge in [-0.2, -0.15) is 12.7 Å². The zero-order valence-electron chi connectivity index (χ0n) is 30.3. The van der Waals surface area contributed by atoms with Gasteiger partial charge in [0.1, 0.15) is 6.10 Å². The van der Waals surface area contributed by atoms with Gasteiger partial charge in [0.05, 0.1) is 36.9 Å². The second-order valence-corrected chi connectivity index (χ2v) is 17.4. The highest BCUT2D eigenvalue weighted by Crippen LogP contribution is 2.57. The molecule has 2 saturated heterocycles. The Bertz CT molecular complexity index is 1860. The van der Waals surface area contributed by atoms with Gasteiger partial charge in [0.2, 0.25) is 17.7 Å². The smallest absolute Gasteiger partial charge is 0.306 e. The number of Topliss-reactive ketones (excluding diaryl/α,β-unsaturated/α-hetero) is 1. The monoisotopic (exact) mass is 734 g/mol. The first-order valence-corrected chi connectivity index (χ1v) is 19.8. The number of aromatic nitrogens is 1. The maximum atomic E-state index is 14.5. The van der Waals surface area contributed by atoms with E-state index in [1.807, 2.05) is 57.2 Å². The Morgan fingerprint density at radius 3 is 2.60 bits per heavy atom. The maximum absolute atomic E-state index is 14.5. The van der Waals surface area contributed by atoms with Crippen LogP contribution < -0.4 is 9.46 Å². The minimum absolute atomic E-state index is 0.0575. The van der Waals surface area contributed by atoms with Gasteiger partial charge in [-0.25, -0.2) is 9.71 Å². The summed E-state index contributed by atoms with van der Waals surface area (Å²) in [6.45, 7) is 10.4. The van der Waals surface area contributed by atoms with Crippen LogP contribution in [0.2, 0.25) is 0 Å². The van der Waals surface area contributed by atoms with Crippen molar-refractivity contribution in [2.75, 3.05) is 26.2 Å². The number of nitrogens with one attached hydrogen (secondary N) is 1. The maximum Gasteiger partial charge on any atom is 0.306 e. The summed E-state index contributed by atoms with van der Waals surface area (Å²) in [6, 6.07) is 6.87. The number of allylic oxidation sites excluding steroid dienone is 2. The molecule has 0 radical (unpaired) electrons. The highest BCUT2D eigenvalue weighted by Gasteiger charge is 2.61. The van der Waals surface area contributed by atoms with Crippen molar-refractivity contribution in [2.24, 2.45) is 22.7 Å². The number of ketones is 1. The first-order valence-electron chi connectivity index (χ1n) is 18.4. The summed E-state index contributed by atoms with van der Waals surface area (Å²) >= 11 is 0. The molecule has 1 aromatic carbocycles. The highest BCUT2D eigenvalue weighted by molar-refractivity contribution is 7.87. The second kappa shape index (κ2) is 15.1. The Morgan fingerprint density at radius 2 is 1.88 bits per heavy atom. The molecule has 52 heavy (non-hydrogen) atoms. The van der Waals surface area contributed by atoms with Gasteiger partial charge in [0, 0.05) is 37.5 Å². The zero-order valence-corrected chi connectivity index (χ0v) is 31.2. The first-order chi connectivity index (χ1) is 24.7. The van der Waals surface area contributed by atoms with Crippen molar-refractivity contribution in [3.05, 3.63) is 54.8 Å². The van der Waals surface area contributed by atoms with Crippen LogP contribution in [0.4, 0.5) is 0 Å². The molecule has 280 valence electrons. The largest absolute Gasteiger partial charge is 0.472 e. The fourth-order valence-electron chi connectivity index (χ4n) is 7.75. The van der Waals surface area contributed by atoms with Crippen molar-refractivity contribution in [1.29, 1.82) is 0 Å². The number of cyclic esters (lactones) is 1. The molecule has 4 heterocycles. The van der Waals surface area contributed by atoms with E-state index in [2.05, 4.69) is 16.3 Å². The average molecular weight is 735 g/mol. The van der Waals surface area contributed by atoms with Crippen LogP contribution in [0.15, 0.2) is 49.2 Å². The van der Waals surface area contributed by atoms with Gasteiger partial charge in [0.25, 0.3) is 0 Å². The number of pyridine rings is 1. The molecule has 0 spiro atoms. The van der Waals surface area contributed by atoms with E-state index in [1.165, 1.54) is 9.21 Å². The predicted octanol–water partition coefficient (Wildman–Crippen LogP) is 4.98. The molecular formula is C39H50N4O8S. The third kappa shape index (κ3) is 8.10. The lowest BCUT2D eigenvalue weighted by atomic mass is 9.77. The van der Waals surface area contributed by atoms with Crippen LogP contribution in [-0.2, 0) is 34.1 Å². The van der Waals surface area contributed by atoms with E-state index in [-0.39, 0.29) is 50.5 Å². The third-order valence-electron chi connectivity index (χ3n) is 11.0. The second-order valence-electron chi connectivity index (χ2n) is 15.7. The van der Waals surface area contributed by atoms with Crippen LogP contribution in [0, 0.1) is 22.7 Å². The molecule has 12 nitrogen and oxygen atoms in total. The molecule has 2 amide bonds. The number of carbonyl (C=O) groups excluding carboxylic acids is 4. The van der Waals surface area contributed by atoms with E-state index in [0.717, 1.165) is 22.8 Å². The number of benzene rings is 1. The lowest BCUT2D eigenvalue weighted by Gasteiger charge is -2.34. The fraction of sp³-hybridized carbons (Fsp3) is 0.564. The van der Waals surface area contributed by atoms with Gasteiger partial charge in [-0.3, -0.25) is 19.2 Å². The molecule has 6 rings (SSSR count). The van der Waals surface area contributed by atoms with E-state index < -0.39 is 56.9 Å². The fourth-order valence-corrected chi connectivity index (χ4v) is 9.05. The van der Waals surface area contributed by atoms with Gasteiger partial charge in [0.15, 0.2) is 5.78 Å². The van der Waals surface area contributed by atoms with Crippen LogP contribution in [0.5, 0.6) is 5.88 Å². The molecule has 1 aliphatic carbocycles. The molecule has 4 aliphatic rings. The molecular weight excluding hydrogens is 685 g/mol. The average Bonchev–Trinajstić information content (AvgIpc) is 3.67. The number of nitrogens with zero attached hydrogens (tertiary/aromatic N) is 3. The van der Waals surface area contributed by atoms with Crippen LogP contribution >= 0.6 is 0 Å². The van der Waals surface area contributed by atoms with Crippen LogP contribution in [0.1, 0.15) is 84.1 Å². The molecule has 1 N–H and O–H groups in total. The molecule has 5 atom stereocenters. The quantitative estimate of drug-likeness (QED) is 0.307. The molecule has 13 heteroatoms. The van der Waals surface area contributed by atoms with Gasteiger partial charge < -0.3 is 14.4 Å². The number of hydrogen-bond acceptors (Lipinski definition) is 9. The molecule has 1 saturated carbocycles. The third-order valence-corrected chi connectivity index (χ3v) is 12.5. The van der Waals surface area contributed by atoms with Crippen molar-refractivity contribution < 1.29 is 37.1 Å². The van der Waals surface area contributed by atoms with Gasteiger partial charge in [-0.05, 0) is 66.5 Å². The number of fused-ring (bicyclic) bond motifs is 3. The van der Waals surface area contributed by atoms with E-state index in [9.17, 15) is 27.6 Å². The molecule has 3 aliphatic heterocycles. The number of esters is 1. The van der Waals surface area contributed by atoms with Crippen molar-refractivity contribution >= 4 is 50.6 Å². The molecule has 0 unspecified atom stereocenters. The molecule has 4 bridgehead atoms. The minimum Gasteiger partial charge on any atom is -0.472 e. The minimum atomic E-state index is -4.10. The van der Waals surface area contributed by atoms with E-state index in [4.69, 9.17) is 9.47 Å². The number of rotatable bonds is 7. The van der Waals surface area contributed by atoms with Crippen LogP contribution in [0.25, 0.3) is 16.8 Å². The summed E-state index contributed by atoms with van der Waals surface area (Å²) < 4.78 is 42.0. The molecule has 2 aromatic rings. The summed E-state index contributed by atoms with van der Waals surface area (Å²) in [4.78, 5) is 61.9. The van der Waals surface area contributed by atoms with E-state index in [0.29, 0.717) is 44.7 Å². The van der Waals surface area contributed by atoms with E-state index >= 15 is 0 Å². The van der Waals surface area contributed by atoms with Gasteiger partial charge >= 0.3 is 16.2 Å². The van der Waals surface area contributed by atoms with Gasteiger partial charge in [-0.15, -0.1) is 6.58 Å². The first kappa shape index (κ1) is 37.7. The predicted molar refractivity (Wildman–Crippen MR) is 196 cm³/mol. The van der Waals surface area contributed by atoms with Crippen molar-refractivity contribution in [3.63, 3.8) is 0 Å². The van der Waals surface area contributed by atoms with E-state index in [1.54, 1.807) is 12.3 Å². The Morgan fingerprint density at radius 1 is 1.12 bits per heavy atom. The standard InChI is InChI=1S/C39H50N4O8S/c1-5-28-23-39(28,37(47)41-52(48,49)42-17-9-7-10-18-42)24-33(44)32-21-29-25-43(32)36(46)31(38(2,3)4)22-34(45)50-19-11-6-8-12-26-13-14-27-15-16-40-35(51-29)30(27)20-26/h5,8,12-16,20,28-29,31-32H,1,6-7,9-11,17-19,21-25H2,2-4H3,(H,41,47)/b12-8+/t28-,29-,31-,32+,39-/m1/s1. The number of ether oxygens (including phenoxy) is 2. The topological polar surface area (TPSA) is 152 Å². The summed E-state index contributed by atoms with van der Waals surface area (Å²) in [5.74, 6) is -2.83. The molecule has 3 fully saturated rings. The van der Waals surface area contributed by atoms with Crippen molar-refractivity contribution in [3.8, 4) is 5.88 Å². The summed E-state index contributed by atoms with van der Waals surface area (Å²) in [5.41, 5.74) is -1.02. The number of carbonyl (C=O) groups is 4. The summed E-state index contributed by atoms with van der Waals surface area (Å²) in [6.07, 6.45) is 10.2. The number of piperidine rings is 1. The number of amides is 2. The lowest BCUT2D eigenvalue weighted by molar-refractivity contribution is -0.153. The summed E-state index contributed by atoms with van der Waals surface area (Å²) in [7, 11) is -4.10. The Kier molecular flexibility index (Phi) is 10.9. The van der Waals surface area contributed by atoms with Crippen LogP contribution in [0.3, 0.4) is 0 Å². The summed E-state index contributed by atoms with van der Waals surface area (Å²) in [5, 5.41) is 1.71. The van der Waals surface area contributed by atoms with Crippen molar-refractivity contribution in [1.82, 2.24) is 18.9 Å². The van der Waals surface area contributed by atoms with Crippen LogP contribution in [-0.4, -0.2) is 84.6 Å². The SMILES string of the molecule is C=C[C@@H]1C[C@]1(CC(=O)[C@@H]1C[C@@H]2CN1C(=O)[C@H](C(C)(C)C)CC(=O)OCCC/C=C/c1ccc3ccnc(c3c1)O2)C(=O)NS(=O)(=O)N1CCCCC1.